The molecular weight excluding hydrogens is 217 g/mol. The molecule has 1 nitrogen and oxygen atoms in total. The highest BCUT2D eigenvalue weighted by Crippen LogP contribution is 2.35. The van der Waals surface area contributed by atoms with Gasteiger partial charge in [0.25, 0.3) is 0 Å². The molecule has 1 atom stereocenters. The van der Waals surface area contributed by atoms with E-state index in [0.717, 1.165) is 13.0 Å². The van der Waals surface area contributed by atoms with Crippen molar-refractivity contribution in [1.82, 2.24) is 0 Å². The van der Waals surface area contributed by atoms with Crippen LogP contribution >= 0.6 is 0 Å². The van der Waals surface area contributed by atoms with Crippen molar-refractivity contribution in [3.8, 4) is 0 Å². The first-order valence-electron chi connectivity index (χ1n) is 5.13. The number of alkyl halides is 2. The van der Waals surface area contributed by atoms with Gasteiger partial charge in [0.05, 0.1) is 5.56 Å². The van der Waals surface area contributed by atoms with Gasteiger partial charge in [-0.25, -0.2) is 4.39 Å². The predicted octanol–water partition coefficient (Wildman–Crippen LogP) is 3.42. The Kier molecular flexibility index (Phi) is 3.63. The van der Waals surface area contributed by atoms with Gasteiger partial charge in [0.15, 0.2) is 0 Å². The molecule has 0 bridgehead atoms. The van der Waals surface area contributed by atoms with Crippen LogP contribution in [0.5, 0.6) is 0 Å². The SMILES string of the molecule is CC(C)c1cccc(C(F)(F)[C@@H](C)O)c1F. The van der Waals surface area contributed by atoms with Crippen LogP contribution in [0.1, 0.15) is 37.8 Å². The third-order valence-electron chi connectivity index (χ3n) is 2.53. The van der Waals surface area contributed by atoms with Crippen LogP contribution in [0.3, 0.4) is 0 Å². The molecule has 0 amide bonds. The van der Waals surface area contributed by atoms with Gasteiger partial charge in [-0.05, 0) is 24.5 Å². The van der Waals surface area contributed by atoms with Gasteiger partial charge in [0.1, 0.15) is 11.9 Å². The standard InChI is InChI=1S/C12H15F3O/c1-7(2)9-5-4-6-10(11(9)13)12(14,15)8(3)16/h4-8,16H,1-3H3/t8-/m1/s1. The lowest BCUT2D eigenvalue weighted by Crippen LogP contribution is -2.29. The molecule has 1 aromatic rings. The number of aliphatic hydroxyl groups excluding tert-OH is 1. The summed E-state index contributed by atoms with van der Waals surface area (Å²) in [5, 5.41) is 8.97. The Hall–Kier alpha value is -1.03. The van der Waals surface area contributed by atoms with Crippen LogP contribution in [0.15, 0.2) is 18.2 Å². The van der Waals surface area contributed by atoms with Crippen molar-refractivity contribution in [3.05, 3.63) is 35.1 Å². The van der Waals surface area contributed by atoms with Gasteiger partial charge in [-0.3, -0.25) is 0 Å². The average Bonchev–Trinajstić information content (AvgIpc) is 2.16. The number of benzene rings is 1. The van der Waals surface area contributed by atoms with Gasteiger partial charge >= 0.3 is 5.92 Å². The molecule has 0 spiro atoms. The van der Waals surface area contributed by atoms with Crippen molar-refractivity contribution in [2.24, 2.45) is 0 Å². The largest absolute Gasteiger partial charge is 0.387 e. The van der Waals surface area contributed by atoms with Crippen LogP contribution < -0.4 is 0 Å². The normalized spacial score (nSPS) is 14.2. The van der Waals surface area contributed by atoms with Crippen LogP contribution in [-0.2, 0) is 5.92 Å². The zero-order valence-corrected chi connectivity index (χ0v) is 9.47. The maximum Gasteiger partial charge on any atom is 0.301 e. The molecule has 4 heteroatoms. The Morgan fingerprint density at radius 3 is 2.19 bits per heavy atom. The molecule has 1 rings (SSSR count). The highest BCUT2D eigenvalue weighted by Gasteiger charge is 2.40. The van der Waals surface area contributed by atoms with Crippen molar-refractivity contribution in [1.29, 1.82) is 0 Å². The fourth-order valence-electron chi connectivity index (χ4n) is 1.48. The summed E-state index contributed by atoms with van der Waals surface area (Å²) in [5.74, 6) is -4.66. The van der Waals surface area contributed by atoms with E-state index >= 15 is 0 Å². The van der Waals surface area contributed by atoms with Gasteiger partial charge in [0, 0.05) is 0 Å². The molecule has 0 heterocycles. The van der Waals surface area contributed by atoms with E-state index in [9.17, 15) is 13.2 Å². The van der Waals surface area contributed by atoms with E-state index in [4.69, 9.17) is 5.11 Å². The monoisotopic (exact) mass is 232 g/mol. The van der Waals surface area contributed by atoms with Crippen LogP contribution in [0, 0.1) is 5.82 Å². The molecule has 0 radical (unpaired) electrons. The van der Waals surface area contributed by atoms with Gasteiger partial charge in [0.2, 0.25) is 0 Å². The molecule has 1 N–H and O–H groups in total. The molecule has 16 heavy (non-hydrogen) atoms. The van der Waals surface area contributed by atoms with Crippen molar-refractivity contribution in [2.75, 3.05) is 0 Å². The average molecular weight is 232 g/mol. The van der Waals surface area contributed by atoms with E-state index in [-0.39, 0.29) is 11.5 Å². The molecule has 0 aliphatic carbocycles. The molecule has 0 aromatic heterocycles. The van der Waals surface area contributed by atoms with Crippen molar-refractivity contribution in [2.45, 2.75) is 38.7 Å². The van der Waals surface area contributed by atoms with Crippen molar-refractivity contribution in [3.63, 3.8) is 0 Å². The minimum absolute atomic E-state index is 0.176. The molecule has 0 aliphatic rings. The summed E-state index contributed by atoms with van der Waals surface area (Å²) in [6.45, 7) is 4.40. The maximum absolute atomic E-state index is 13.8. The molecule has 0 unspecified atom stereocenters. The Balaban J connectivity index is 3.31. The van der Waals surface area contributed by atoms with Crippen molar-refractivity contribution < 1.29 is 18.3 Å². The lowest BCUT2D eigenvalue weighted by Gasteiger charge is -2.22. The second-order valence-electron chi connectivity index (χ2n) is 4.16. The quantitative estimate of drug-likeness (QED) is 0.846. The fourth-order valence-corrected chi connectivity index (χ4v) is 1.48. The van der Waals surface area contributed by atoms with E-state index in [0.29, 0.717) is 0 Å². The zero-order chi connectivity index (χ0) is 12.5. The van der Waals surface area contributed by atoms with Gasteiger partial charge in [-0.1, -0.05) is 26.0 Å². The molecule has 0 aliphatic heterocycles. The molecule has 0 saturated carbocycles. The van der Waals surface area contributed by atoms with E-state index in [2.05, 4.69) is 0 Å². The summed E-state index contributed by atoms with van der Waals surface area (Å²) in [5.41, 5.74) is -0.508. The summed E-state index contributed by atoms with van der Waals surface area (Å²) < 4.78 is 40.8. The van der Waals surface area contributed by atoms with E-state index in [1.54, 1.807) is 13.8 Å². The van der Waals surface area contributed by atoms with Gasteiger partial charge in [-0.2, -0.15) is 8.78 Å². The number of rotatable bonds is 3. The summed E-state index contributed by atoms with van der Waals surface area (Å²) in [4.78, 5) is 0. The number of halogens is 3. The second-order valence-corrected chi connectivity index (χ2v) is 4.16. The van der Waals surface area contributed by atoms with E-state index in [1.807, 2.05) is 0 Å². The van der Waals surface area contributed by atoms with E-state index < -0.39 is 23.4 Å². The number of hydrogen-bond acceptors (Lipinski definition) is 1. The third kappa shape index (κ3) is 2.21. The topological polar surface area (TPSA) is 20.2 Å². The van der Waals surface area contributed by atoms with Crippen LogP contribution in [0.25, 0.3) is 0 Å². The van der Waals surface area contributed by atoms with Crippen LogP contribution in [-0.4, -0.2) is 11.2 Å². The molecule has 0 fully saturated rings. The maximum atomic E-state index is 13.8. The van der Waals surface area contributed by atoms with Crippen LogP contribution in [0.4, 0.5) is 13.2 Å². The third-order valence-corrected chi connectivity index (χ3v) is 2.53. The summed E-state index contributed by atoms with van der Waals surface area (Å²) in [6.07, 6.45) is -1.91. The Morgan fingerprint density at radius 1 is 1.19 bits per heavy atom. The predicted molar refractivity (Wildman–Crippen MR) is 56.1 cm³/mol. The zero-order valence-electron chi connectivity index (χ0n) is 9.47. The molecule has 0 saturated heterocycles. The second kappa shape index (κ2) is 4.45. The smallest absolute Gasteiger partial charge is 0.301 e. The van der Waals surface area contributed by atoms with E-state index in [1.165, 1.54) is 12.1 Å². The van der Waals surface area contributed by atoms with Gasteiger partial charge < -0.3 is 5.11 Å². The Morgan fingerprint density at radius 2 is 1.75 bits per heavy atom. The summed E-state index contributed by atoms with van der Waals surface area (Å²) in [7, 11) is 0. The minimum Gasteiger partial charge on any atom is -0.387 e. The Bertz CT molecular complexity index is 373. The first-order valence-corrected chi connectivity index (χ1v) is 5.13. The van der Waals surface area contributed by atoms with Crippen molar-refractivity contribution >= 4 is 0 Å². The van der Waals surface area contributed by atoms with Gasteiger partial charge in [-0.15, -0.1) is 0 Å². The lowest BCUT2D eigenvalue weighted by molar-refractivity contribution is -0.108. The minimum atomic E-state index is -3.56. The first-order chi connectivity index (χ1) is 7.28. The Labute approximate surface area is 92.9 Å². The van der Waals surface area contributed by atoms with Crippen LogP contribution in [0.2, 0.25) is 0 Å². The highest BCUT2D eigenvalue weighted by atomic mass is 19.3. The summed E-state index contributed by atoms with van der Waals surface area (Å²) in [6, 6.07) is 3.86. The molecule has 90 valence electrons. The highest BCUT2D eigenvalue weighted by molar-refractivity contribution is 5.31. The molecule has 1 aromatic carbocycles. The molecular formula is C12H15F3O. The number of aliphatic hydroxyl groups is 1. The number of hydrogen-bond donors (Lipinski definition) is 1. The lowest BCUT2D eigenvalue weighted by atomic mass is 9.95. The first kappa shape index (κ1) is 13.0. The summed E-state index contributed by atoms with van der Waals surface area (Å²) >= 11 is 0. The fraction of sp³-hybridized carbons (Fsp3) is 0.500.